The van der Waals surface area contributed by atoms with Gasteiger partial charge in [-0.05, 0) is 58.0 Å². The molecule has 1 N–H and O–H groups in total. The van der Waals surface area contributed by atoms with Crippen LogP contribution in [0.15, 0.2) is 46.3 Å². The quantitative estimate of drug-likeness (QED) is 0.457. The molecule has 0 atom stereocenters. The average Bonchev–Trinajstić information content (AvgIpc) is 3.37. The van der Waals surface area contributed by atoms with E-state index in [1.54, 1.807) is 11.3 Å². The first-order chi connectivity index (χ1) is 13.5. The molecule has 0 aliphatic carbocycles. The zero-order valence-electron chi connectivity index (χ0n) is 16.3. The van der Waals surface area contributed by atoms with Gasteiger partial charge in [0.05, 0.1) is 12.3 Å². The van der Waals surface area contributed by atoms with Crippen LogP contribution >= 0.6 is 11.3 Å². The second kappa shape index (κ2) is 7.52. The van der Waals surface area contributed by atoms with Crippen molar-refractivity contribution in [3.63, 3.8) is 0 Å². The minimum absolute atomic E-state index is 0.662. The highest BCUT2D eigenvalue weighted by Crippen LogP contribution is 2.32. The van der Waals surface area contributed by atoms with Crippen LogP contribution in [-0.2, 0) is 0 Å². The lowest BCUT2D eigenvalue weighted by molar-refractivity contribution is 0.340. The van der Waals surface area contributed by atoms with Gasteiger partial charge in [-0.25, -0.2) is 4.98 Å². The molecule has 1 aromatic carbocycles. The van der Waals surface area contributed by atoms with Gasteiger partial charge in [-0.1, -0.05) is 5.16 Å². The summed E-state index contributed by atoms with van der Waals surface area (Å²) >= 11 is 1.58. The maximum Gasteiger partial charge on any atom is 0.187 e. The number of benzene rings is 1. The van der Waals surface area contributed by atoms with Crippen LogP contribution in [0.3, 0.4) is 0 Å². The van der Waals surface area contributed by atoms with E-state index in [0.29, 0.717) is 6.61 Å². The van der Waals surface area contributed by atoms with Crippen molar-refractivity contribution in [3.8, 4) is 22.8 Å². The van der Waals surface area contributed by atoms with Crippen molar-refractivity contribution in [1.82, 2.24) is 14.7 Å². The summed E-state index contributed by atoms with van der Waals surface area (Å²) in [4.78, 5) is 4.77. The summed E-state index contributed by atoms with van der Waals surface area (Å²) in [5.41, 5.74) is 5.19. The Labute approximate surface area is 167 Å². The van der Waals surface area contributed by atoms with Gasteiger partial charge in [0.25, 0.3) is 0 Å². The Hall–Kier alpha value is -3.06. The maximum absolute atomic E-state index is 5.48. The molecule has 0 saturated carbocycles. The van der Waals surface area contributed by atoms with Crippen LogP contribution in [0.1, 0.15) is 24.1 Å². The zero-order valence-corrected chi connectivity index (χ0v) is 17.1. The van der Waals surface area contributed by atoms with Crippen LogP contribution in [0.2, 0.25) is 0 Å². The summed E-state index contributed by atoms with van der Waals surface area (Å²) in [6, 6.07) is 12.0. The smallest absolute Gasteiger partial charge is 0.187 e. The molecule has 6 nitrogen and oxygen atoms in total. The van der Waals surface area contributed by atoms with E-state index in [0.717, 1.165) is 50.8 Å². The predicted octanol–water partition coefficient (Wildman–Crippen LogP) is 5.66. The normalized spacial score (nSPS) is 11.0. The molecule has 28 heavy (non-hydrogen) atoms. The summed E-state index contributed by atoms with van der Waals surface area (Å²) < 4.78 is 12.8. The average molecular weight is 395 g/mol. The first-order valence-electron chi connectivity index (χ1n) is 9.13. The van der Waals surface area contributed by atoms with Crippen molar-refractivity contribution in [2.24, 2.45) is 0 Å². The largest absolute Gasteiger partial charge is 0.494 e. The summed E-state index contributed by atoms with van der Waals surface area (Å²) in [6.45, 7) is 8.67. The van der Waals surface area contributed by atoms with Gasteiger partial charge in [0, 0.05) is 34.1 Å². The molecule has 7 heteroatoms. The van der Waals surface area contributed by atoms with Gasteiger partial charge in [0.1, 0.15) is 11.5 Å². The van der Waals surface area contributed by atoms with Crippen LogP contribution in [0, 0.1) is 20.8 Å². The van der Waals surface area contributed by atoms with Gasteiger partial charge in [0.15, 0.2) is 10.9 Å². The van der Waals surface area contributed by atoms with Crippen molar-refractivity contribution in [3.05, 3.63) is 58.9 Å². The van der Waals surface area contributed by atoms with E-state index < -0.39 is 0 Å². The number of nitrogens with one attached hydrogen (secondary N) is 1. The Morgan fingerprint density at radius 1 is 1.14 bits per heavy atom. The molecule has 0 aliphatic rings. The van der Waals surface area contributed by atoms with Crippen LogP contribution < -0.4 is 10.1 Å². The van der Waals surface area contributed by atoms with Gasteiger partial charge < -0.3 is 14.6 Å². The monoisotopic (exact) mass is 394 g/mol. The van der Waals surface area contributed by atoms with Crippen LogP contribution in [0.25, 0.3) is 17.1 Å². The molecule has 0 radical (unpaired) electrons. The molecule has 4 rings (SSSR count). The second-order valence-electron chi connectivity index (χ2n) is 6.54. The lowest BCUT2D eigenvalue weighted by atomic mass is 10.2. The molecule has 0 saturated heterocycles. The summed E-state index contributed by atoms with van der Waals surface area (Å²) in [7, 11) is 0. The third-order valence-corrected chi connectivity index (χ3v) is 5.23. The number of anilines is 2. The summed E-state index contributed by atoms with van der Waals surface area (Å²) in [5.74, 6) is 2.45. The lowest BCUT2D eigenvalue weighted by Gasteiger charge is -2.05. The minimum Gasteiger partial charge on any atom is -0.494 e. The zero-order chi connectivity index (χ0) is 19.7. The van der Waals surface area contributed by atoms with Crippen LogP contribution in [0.5, 0.6) is 5.75 Å². The highest BCUT2D eigenvalue weighted by molar-refractivity contribution is 7.14. The molecule has 0 unspecified atom stereocenters. The molecular weight excluding hydrogens is 372 g/mol. The lowest BCUT2D eigenvalue weighted by Crippen LogP contribution is -1.99. The summed E-state index contributed by atoms with van der Waals surface area (Å²) in [6.07, 6.45) is 0. The van der Waals surface area contributed by atoms with E-state index in [-0.39, 0.29) is 0 Å². The highest BCUT2D eigenvalue weighted by atomic mass is 32.1. The Morgan fingerprint density at radius 3 is 2.61 bits per heavy atom. The molecule has 0 spiro atoms. The third-order valence-electron chi connectivity index (χ3n) is 4.47. The van der Waals surface area contributed by atoms with E-state index in [2.05, 4.69) is 40.3 Å². The predicted molar refractivity (Wildman–Crippen MR) is 112 cm³/mol. The topological polar surface area (TPSA) is 65.1 Å². The number of aryl methyl sites for hydroxylation is 2. The molecular formula is C21H22N4O2S. The fourth-order valence-electron chi connectivity index (χ4n) is 3.21. The standard InChI is InChI=1S/C21H22N4O2S/c1-5-26-17-8-6-16(7-9-17)22-21-23-19(12-28-21)18-10-13(2)25(15(18)4)20-11-14(3)27-24-20/h6-12H,5H2,1-4H3,(H,22,23). The van der Waals surface area contributed by atoms with Crippen LogP contribution in [0.4, 0.5) is 10.8 Å². The molecule has 144 valence electrons. The number of nitrogens with zero attached hydrogens (tertiary/aromatic N) is 3. The first-order valence-corrected chi connectivity index (χ1v) is 10.0. The molecule has 0 amide bonds. The van der Waals surface area contributed by atoms with Gasteiger partial charge in [0.2, 0.25) is 0 Å². The van der Waals surface area contributed by atoms with E-state index in [1.807, 2.05) is 44.2 Å². The molecule has 3 heterocycles. The Kier molecular flexibility index (Phi) is 4.92. The Morgan fingerprint density at radius 2 is 1.93 bits per heavy atom. The molecule has 3 aromatic heterocycles. The number of hydrogen-bond acceptors (Lipinski definition) is 6. The number of thiazole rings is 1. The van der Waals surface area contributed by atoms with Crippen molar-refractivity contribution in [2.75, 3.05) is 11.9 Å². The fraction of sp³-hybridized carbons (Fsp3) is 0.238. The molecule has 0 aliphatic heterocycles. The minimum atomic E-state index is 0.662. The second-order valence-corrected chi connectivity index (χ2v) is 7.39. The SMILES string of the molecule is CCOc1ccc(Nc2nc(-c3cc(C)n(-c4cc(C)on4)c3C)cs2)cc1. The maximum atomic E-state index is 5.48. The van der Waals surface area contributed by atoms with Crippen molar-refractivity contribution >= 4 is 22.2 Å². The summed E-state index contributed by atoms with van der Waals surface area (Å²) in [5, 5.41) is 10.4. The Bertz CT molecular complexity index is 1090. The Balaban J connectivity index is 1.58. The van der Waals surface area contributed by atoms with Crippen molar-refractivity contribution < 1.29 is 9.26 Å². The van der Waals surface area contributed by atoms with E-state index in [4.69, 9.17) is 14.2 Å². The number of rotatable bonds is 6. The number of hydrogen-bond donors (Lipinski definition) is 1. The molecule has 0 bridgehead atoms. The molecule has 0 fully saturated rings. The fourth-order valence-corrected chi connectivity index (χ4v) is 3.94. The van der Waals surface area contributed by atoms with Gasteiger partial charge >= 0.3 is 0 Å². The van der Waals surface area contributed by atoms with E-state index in [1.165, 1.54) is 0 Å². The van der Waals surface area contributed by atoms with Gasteiger partial charge in [-0.2, -0.15) is 0 Å². The number of aromatic nitrogens is 3. The van der Waals surface area contributed by atoms with Crippen LogP contribution in [-0.4, -0.2) is 21.3 Å². The van der Waals surface area contributed by atoms with Crippen molar-refractivity contribution in [1.29, 1.82) is 0 Å². The highest BCUT2D eigenvalue weighted by Gasteiger charge is 2.16. The molecule has 4 aromatic rings. The first kappa shape index (κ1) is 18.3. The van der Waals surface area contributed by atoms with E-state index >= 15 is 0 Å². The van der Waals surface area contributed by atoms with E-state index in [9.17, 15) is 0 Å². The number of ether oxygens (including phenoxy) is 1. The third kappa shape index (κ3) is 3.53. The van der Waals surface area contributed by atoms with Crippen molar-refractivity contribution in [2.45, 2.75) is 27.7 Å². The van der Waals surface area contributed by atoms with Gasteiger partial charge in [-0.15, -0.1) is 11.3 Å². The van der Waals surface area contributed by atoms with Gasteiger partial charge in [-0.3, -0.25) is 4.57 Å².